The van der Waals surface area contributed by atoms with Gasteiger partial charge in [-0.05, 0) is 46.9 Å². The summed E-state index contributed by atoms with van der Waals surface area (Å²) in [6.45, 7) is 7.05. The molecule has 0 saturated heterocycles. The van der Waals surface area contributed by atoms with Crippen LogP contribution in [0.4, 0.5) is 10.1 Å². The van der Waals surface area contributed by atoms with Crippen LogP contribution in [-0.2, 0) is 12.0 Å². The van der Waals surface area contributed by atoms with E-state index in [-0.39, 0.29) is 11.2 Å². The molecule has 0 heterocycles. The number of hydrogen-bond donors (Lipinski definition) is 1. The van der Waals surface area contributed by atoms with Gasteiger partial charge in [-0.1, -0.05) is 44.5 Å². The van der Waals surface area contributed by atoms with Crippen molar-refractivity contribution in [3.8, 4) is 0 Å². The van der Waals surface area contributed by atoms with Crippen molar-refractivity contribution >= 4 is 17.3 Å². The summed E-state index contributed by atoms with van der Waals surface area (Å²) in [7, 11) is 0. The molecule has 3 heteroatoms. The number of rotatable bonds is 3. The highest BCUT2D eigenvalue weighted by atomic mass is 35.5. The van der Waals surface area contributed by atoms with Crippen molar-refractivity contribution in [2.45, 2.75) is 32.7 Å². The number of halogens is 2. The first kappa shape index (κ1) is 14.9. The van der Waals surface area contributed by atoms with E-state index in [4.69, 9.17) is 11.6 Å². The van der Waals surface area contributed by atoms with Crippen LogP contribution in [0.25, 0.3) is 0 Å². The van der Waals surface area contributed by atoms with Crippen LogP contribution >= 0.6 is 11.6 Å². The first-order chi connectivity index (χ1) is 9.36. The number of hydrogen-bond acceptors (Lipinski definition) is 1. The van der Waals surface area contributed by atoms with Gasteiger partial charge in [-0.2, -0.15) is 0 Å². The van der Waals surface area contributed by atoms with Crippen molar-refractivity contribution in [2.24, 2.45) is 0 Å². The summed E-state index contributed by atoms with van der Waals surface area (Å²) in [5.74, 6) is -0.269. The van der Waals surface area contributed by atoms with Gasteiger partial charge in [-0.25, -0.2) is 4.39 Å². The van der Waals surface area contributed by atoms with Crippen molar-refractivity contribution in [1.29, 1.82) is 0 Å². The first-order valence-corrected chi connectivity index (χ1v) is 7.02. The molecule has 0 fully saturated rings. The van der Waals surface area contributed by atoms with Crippen LogP contribution in [0.1, 0.15) is 31.9 Å². The second kappa shape index (κ2) is 5.84. The summed E-state index contributed by atoms with van der Waals surface area (Å²) >= 11 is 6.04. The van der Waals surface area contributed by atoms with Crippen molar-refractivity contribution in [1.82, 2.24) is 0 Å². The van der Waals surface area contributed by atoms with Crippen molar-refractivity contribution < 1.29 is 4.39 Å². The van der Waals surface area contributed by atoms with Gasteiger partial charge >= 0.3 is 0 Å². The molecule has 0 amide bonds. The fourth-order valence-corrected chi connectivity index (χ4v) is 2.15. The third kappa shape index (κ3) is 3.73. The minimum absolute atomic E-state index is 0.143. The maximum atomic E-state index is 13.2. The monoisotopic (exact) mass is 291 g/mol. The van der Waals surface area contributed by atoms with Gasteiger partial charge in [0, 0.05) is 17.3 Å². The molecule has 0 aromatic heterocycles. The average Bonchev–Trinajstić information content (AvgIpc) is 2.39. The molecule has 0 aliphatic heterocycles. The van der Waals surface area contributed by atoms with Crippen molar-refractivity contribution in [2.75, 3.05) is 5.32 Å². The highest BCUT2D eigenvalue weighted by Gasteiger charge is 2.12. The molecule has 0 bridgehead atoms. The van der Waals surface area contributed by atoms with Crippen LogP contribution < -0.4 is 5.32 Å². The Morgan fingerprint density at radius 3 is 2.30 bits per heavy atom. The van der Waals surface area contributed by atoms with Crippen LogP contribution in [0, 0.1) is 5.82 Å². The van der Waals surface area contributed by atoms with Gasteiger partial charge in [0.05, 0.1) is 0 Å². The Hall–Kier alpha value is -1.54. The van der Waals surface area contributed by atoms with E-state index in [1.165, 1.54) is 17.7 Å². The first-order valence-electron chi connectivity index (χ1n) is 6.64. The quantitative estimate of drug-likeness (QED) is 0.799. The van der Waals surface area contributed by atoms with Gasteiger partial charge in [-0.15, -0.1) is 0 Å². The average molecular weight is 292 g/mol. The lowest BCUT2D eigenvalue weighted by Crippen LogP contribution is -2.10. The minimum Gasteiger partial charge on any atom is -0.381 e. The lowest BCUT2D eigenvalue weighted by atomic mass is 9.87. The predicted octanol–water partition coefficient (Wildman–Crippen LogP) is 5.39. The van der Waals surface area contributed by atoms with Gasteiger partial charge in [0.2, 0.25) is 0 Å². The Labute approximate surface area is 124 Å². The second-order valence-corrected chi connectivity index (χ2v) is 6.32. The molecule has 0 radical (unpaired) electrons. The fraction of sp³-hybridized carbons (Fsp3) is 0.294. The molecule has 0 unspecified atom stereocenters. The van der Waals surface area contributed by atoms with E-state index >= 15 is 0 Å². The fourth-order valence-electron chi connectivity index (χ4n) is 1.96. The third-order valence-electron chi connectivity index (χ3n) is 3.24. The lowest BCUT2D eigenvalue weighted by molar-refractivity contribution is 0.590. The molecule has 0 spiro atoms. The number of nitrogens with one attached hydrogen (secondary N) is 1. The Morgan fingerprint density at radius 2 is 1.70 bits per heavy atom. The smallest absolute Gasteiger partial charge is 0.123 e. The molecule has 2 rings (SSSR count). The molecule has 1 nitrogen and oxygen atoms in total. The topological polar surface area (TPSA) is 12.0 Å². The van der Waals surface area contributed by atoms with E-state index in [0.717, 1.165) is 11.3 Å². The van der Waals surface area contributed by atoms with Crippen LogP contribution in [0.2, 0.25) is 5.02 Å². The normalized spacial score (nSPS) is 11.4. The summed E-state index contributed by atoms with van der Waals surface area (Å²) in [6.07, 6.45) is 0. The van der Waals surface area contributed by atoms with E-state index in [2.05, 4.69) is 38.2 Å². The Morgan fingerprint density at radius 1 is 1.05 bits per heavy atom. The number of anilines is 1. The van der Waals surface area contributed by atoms with Gasteiger partial charge in [0.15, 0.2) is 0 Å². The Kier molecular flexibility index (Phi) is 4.34. The molecule has 2 aromatic carbocycles. The molecule has 20 heavy (non-hydrogen) atoms. The zero-order valence-electron chi connectivity index (χ0n) is 12.0. The van der Waals surface area contributed by atoms with Crippen LogP contribution in [-0.4, -0.2) is 0 Å². The molecule has 0 aliphatic rings. The van der Waals surface area contributed by atoms with Crippen molar-refractivity contribution in [3.63, 3.8) is 0 Å². The predicted molar refractivity (Wildman–Crippen MR) is 83.9 cm³/mol. The zero-order chi connectivity index (χ0) is 14.8. The zero-order valence-corrected chi connectivity index (χ0v) is 12.8. The summed E-state index contributed by atoms with van der Waals surface area (Å²) < 4.78 is 13.2. The highest BCUT2D eigenvalue weighted by Crippen LogP contribution is 2.24. The van der Waals surface area contributed by atoms with Crippen LogP contribution in [0.3, 0.4) is 0 Å². The summed E-state index contributed by atoms with van der Waals surface area (Å²) in [4.78, 5) is 0. The maximum Gasteiger partial charge on any atom is 0.123 e. The lowest BCUT2D eigenvalue weighted by Gasteiger charge is -2.19. The maximum absolute atomic E-state index is 13.2. The van der Waals surface area contributed by atoms with E-state index in [1.807, 2.05) is 12.1 Å². The molecular formula is C17H19ClFN. The van der Waals surface area contributed by atoms with Gasteiger partial charge in [0.25, 0.3) is 0 Å². The van der Waals surface area contributed by atoms with Crippen LogP contribution in [0.5, 0.6) is 0 Å². The Balaban J connectivity index is 2.06. The molecule has 0 atom stereocenters. The molecule has 0 saturated carbocycles. The molecule has 106 valence electrons. The van der Waals surface area contributed by atoms with Crippen molar-refractivity contribution in [3.05, 3.63) is 64.4 Å². The van der Waals surface area contributed by atoms with E-state index in [1.54, 1.807) is 6.07 Å². The third-order valence-corrected chi connectivity index (χ3v) is 3.61. The van der Waals surface area contributed by atoms with Gasteiger partial charge in [-0.3, -0.25) is 0 Å². The second-order valence-electron chi connectivity index (χ2n) is 5.92. The van der Waals surface area contributed by atoms with E-state index in [0.29, 0.717) is 11.6 Å². The van der Waals surface area contributed by atoms with E-state index < -0.39 is 0 Å². The Bertz CT molecular complexity index is 585. The molecule has 0 aliphatic carbocycles. The summed E-state index contributed by atoms with van der Waals surface area (Å²) in [5, 5.41) is 3.83. The molecule has 1 N–H and O–H groups in total. The summed E-state index contributed by atoms with van der Waals surface area (Å²) in [6, 6.07) is 12.7. The van der Waals surface area contributed by atoms with Gasteiger partial charge in [0.1, 0.15) is 5.82 Å². The van der Waals surface area contributed by atoms with Gasteiger partial charge < -0.3 is 5.32 Å². The minimum atomic E-state index is -0.269. The number of benzene rings is 2. The molecular weight excluding hydrogens is 273 g/mol. The van der Waals surface area contributed by atoms with E-state index in [9.17, 15) is 4.39 Å². The summed E-state index contributed by atoms with van der Waals surface area (Å²) in [5.41, 5.74) is 3.18. The van der Waals surface area contributed by atoms with Crippen LogP contribution in [0.15, 0.2) is 42.5 Å². The standard InChI is InChI=1S/C17H19ClFN/c1-17(2,3)13-4-7-15(8-5-13)20-11-12-10-14(19)6-9-16(12)18/h4-10,20H,11H2,1-3H3. The largest absolute Gasteiger partial charge is 0.381 e. The molecule has 2 aromatic rings. The SMILES string of the molecule is CC(C)(C)c1ccc(NCc2cc(F)ccc2Cl)cc1. The highest BCUT2D eigenvalue weighted by molar-refractivity contribution is 6.31.